The maximum absolute atomic E-state index is 11.4. The third-order valence-corrected chi connectivity index (χ3v) is 2.84. The normalized spacial score (nSPS) is 9.86. The first kappa shape index (κ1) is 15.7. The van der Waals surface area contributed by atoms with Crippen LogP contribution in [0.5, 0.6) is 11.5 Å². The second-order valence-corrected chi connectivity index (χ2v) is 4.72. The summed E-state index contributed by atoms with van der Waals surface area (Å²) >= 11 is 5.79. The minimum atomic E-state index is -1.25. The van der Waals surface area contributed by atoms with E-state index >= 15 is 0 Å². The highest BCUT2D eigenvalue weighted by Gasteiger charge is 2.04. The maximum atomic E-state index is 11.4. The second kappa shape index (κ2) is 7.33. The summed E-state index contributed by atoms with van der Waals surface area (Å²) in [6.07, 6.45) is -1.25. The van der Waals surface area contributed by atoms with Crippen molar-refractivity contribution in [3.63, 3.8) is 0 Å². The quantitative estimate of drug-likeness (QED) is 0.788. The monoisotopic (exact) mass is 320 g/mol. The van der Waals surface area contributed by atoms with Crippen LogP contribution in [0.1, 0.15) is 0 Å². The molecule has 0 aromatic heterocycles. The molecular weight excluding hydrogens is 308 g/mol. The number of hydrogen-bond acceptors (Lipinski definition) is 3. The number of halogens is 1. The van der Waals surface area contributed by atoms with Crippen LogP contribution >= 0.6 is 11.6 Å². The molecule has 0 radical (unpaired) electrons. The summed E-state index contributed by atoms with van der Waals surface area (Å²) in [7, 11) is 0. The molecule has 0 heterocycles. The van der Waals surface area contributed by atoms with Gasteiger partial charge in [0.25, 0.3) is 0 Å². The minimum Gasteiger partial charge on any atom is -0.465 e. The van der Waals surface area contributed by atoms with Gasteiger partial charge in [0.15, 0.2) is 0 Å². The van der Waals surface area contributed by atoms with Gasteiger partial charge < -0.3 is 20.5 Å². The van der Waals surface area contributed by atoms with Crippen molar-refractivity contribution in [2.45, 2.75) is 0 Å². The lowest BCUT2D eigenvalue weighted by Gasteiger charge is -2.08. The molecule has 2 aromatic carbocycles. The van der Waals surface area contributed by atoms with E-state index in [0.717, 1.165) is 0 Å². The SMILES string of the molecule is O=C(O)NCC(=O)Nc1ccc(Oc2ccc(Cl)cc2)cc1. The number of amides is 2. The Kier molecular flexibility index (Phi) is 5.21. The number of carbonyl (C=O) groups is 2. The van der Waals surface area contributed by atoms with Crippen LogP contribution in [-0.2, 0) is 4.79 Å². The van der Waals surface area contributed by atoms with Gasteiger partial charge in [-0.1, -0.05) is 11.6 Å². The topological polar surface area (TPSA) is 87.7 Å². The predicted molar refractivity (Wildman–Crippen MR) is 82.6 cm³/mol. The molecule has 0 unspecified atom stereocenters. The molecule has 0 aliphatic carbocycles. The lowest BCUT2D eigenvalue weighted by atomic mass is 10.3. The summed E-state index contributed by atoms with van der Waals surface area (Å²) < 4.78 is 5.61. The molecule has 22 heavy (non-hydrogen) atoms. The average Bonchev–Trinajstić information content (AvgIpc) is 2.49. The van der Waals surface area contributed by atoms with Crippen LogP contribution < -0.4 is 15.4 Å². The molecule has 6 nitrogen and oxygen atoms in total. The Morgan fingerprint density at radius 3 is 2.09 bits per heavy atom. The van der Waals surface area contributed by atoms with Gasteiger partial charge in [0, 0.05) is 10.7 Å². The summed E-state index contributed by atoms with van der Waals surface area (Å²) in [6.45, 7) is -0.307. The summed E-state index contributed by atoms with van der Waals surface area (Å²) in [4.78, 5) is 21.7. The fourth-order valence-electron chi connectivity index (χ4n) is 1.61. The van der Waals surface area contributed by atoms with E-state index in [0.29, 0.717) is 22.2 Å². The lowest BCUT2D eigenvalue weighted by Crippen LogP contribution is -2.31. The molecular formula is C15H13ClN2O4. The molecule has 114 valence electrons. The Balaban J connectivity index is 1.91. The molecule has 3 N–H and O–H groups in total. The standard InChI is InChI=1S/C15H13ClN2O4/c16-10-1-5-12(6-2-10)22-13-7-3-11(4-8-13)18-14(19)9-17-15(20)21/h1-8,17H,9H2,(H,18,19)(H,20,21). The average molecular weight is 321 g/mol. The van der Waals surface area contributed by atoms with Crippen molar-refractivity contribution in [1.82, 2.24) is 5.32 Å². The second-order valence-electron chi connectivity index (χ2n) is 4.29. The Bertz CT molecular complexity index is 656. The molecule has 2 rings (SSSR count). The van der Waals surface area contributed by atoms with E-state index in [4.69, 9.17) is 21.4 Å². The van der Waals surface area contributed by atoms with Gasteiger partial charge >= 0.3 is 6.09 Å². The van der Waals surface area contributed by atoms with Crippen molar-refractivity contribution < 1.29 is 19.4 Å². The van der Waals surface area contributed by atoms with Crippen molar-refractivity contribution in [1.29, 1.82) is 0 Å². The molecule has 0 saturated carbocycles. The number of ether oxygens (including phenoxy) is 1. The Morgan fingerprint density at radius 1 is 1.00 bits per heavy atom. The van der Waals surface area contributed by atoms with Crippen LogP contribution in [0.2, 0.25) is 5.02 Å². The zero-order chi connectivity index (χ0) is 15.9. The van der Waals surface area contributed by atoms with Gasteiger partial charge in [0.2, 0.25) is 5.91 Å². The highest BCUT2D eigenvalue weighted by atomic mass is 35.5. The fourth-order valence-corrected chi connectivity index (χ4v) is 1.73. The summed E-state index contributed by atoms with van der Waals surface area (Å²) in [6, 6.07) is 13.6. The van der Waals surface area contributed by atoms with Gasteiger partial charge in [-0.25, -0.2) is 4.79 Å². The van der Waals surface area contributed by atoms with Crippen LogP contribution in [0.4, 0.5) is 10.5 Å². The first-order valence-corrected chi connectivity index (χ1v) is 6.71. The van der Waals surface area contributed by atoms with Crippen LogP contribution in [0.3, 0.4) is 0 Å². The number of hydrogen-bond donors (Lipinski definition) is 3. The Morgan fingerprint density at radius 2 is 1.55 bits per heavy atom. The van der Waals surface area contributed by atoms with Crippen molar-refractivity contribution in [3.05, 3.63) is 53.6 Å². The molecule has 0 atom stereocenters. The third kappa shape index (κ3) is 4.99. The van der Waals surface area contributed by atoms with E-state index in [1.165, 1.54) is 0 Å². The lowest BCUT2D eigenvalue weighted by molar-refractivity contribution is -0.115. The number of nitrogens with one attached hydrogen (secondary N) is 2. The zero-order valence-corrected chi connectivity index (χ0v) is 12.1. The zero-order valence-electron chi connectivity index (χ0n) is 11.4. The maximum Gasteiger partial charge on any atom is 0.405 e. The fraction of sp³-hybridized carbons (Fsp3) is 0.0667. The van der Waals surface area contributed by atoms with Crippen LogP contribution in [0.15, 0.2) is 48.5 Å². The van der Waals surface area contributed by atoms with Gasteiger partial charge in [-0.2, -0.15) is 0 Å². The molecule has 0 fully saturated rings. The molecule has 0 spiro atoms. The molecule has 2 aromatic rings. The summed E-state index contributed by atoms with van der Waals surface area (Å²) in [5.41, 5.74) is 0.542. The summed E-state index contributed by atoms with van der Waals surface area (Å²) in [5.74, 6) is 0.796. The van der Waals surface area contributed by atoms with E-state index in [1.54, 1.807) is 48.5 Å². The van der Waals surface area contributed by atoms with E-state index in [1.807, 2.05) is 5.32 Å². The first-order chi connectivity index (χ1) is 10.5. The molecule has 0 bridgehead atoms. The highest BCUT2D eigenvalue weighted by molar-refractivity contribution is 6.30. The van der Waals surface area contributed by atoms with Crippen LogP contribution in [-0.4, -0.2) is 23.7 Å². The van der Waals surface area contributed by atoms with Gasteiger partial charge in [-0.3, -0.25) is 4.79 Å². The van der Waals surface area contributed by atoms with E-state index in [2.05, 4.69) is 5.32 Å². The van der Waals surface area contributed by atoms with Gasteiger partial charge in [-0.15, -0.1) is 0 Å². The Hall–Kier alpha value is -2.73. The number of anilines is 1. The first-order valence-electron chi connectivity index (χ1n) is 6.33. The third-order valence-electron chi connectivity index (χ3n) is 2.59. The van der Waals surface area contributed by atoms with Crippen LogP contribution in [0.25, 0.3) is 0 Å². The predicted octanol–water partition coefficient (Wildman–Crippen LogP) is 3.34. The van der Waals surface area contributed by atoms with Crippen molar-refractivity contribution >= 4 is 29.3 Å². The summed E-state index contributed by atoms with van der Waals surface area (Å²) in [5, 5.41) is 13.6. The number of rotatable bonds is 5. The van der Waals surface area contributed by atoms with Gasteiger partial charge in [-0.05, 0) is 48.5 Å². The van der Waals surface area contributed by atoms with Crippen molar-refractivity contribution in [2.24, 2.45) is 0 Å². The van der Waals surface area contributed by atoms with Gasteiger partial charge in [0.1, 0.15) is 18.0 Å². The van der Waals surface area contributed by atoms with Gasteiger partial charge in [0.05, 0.1) is 0 Å². The minimum absolute atomic E-state index is 0.307. The molecule has 2 amide bonds. The smallest absolute Gasteiger partial charge is 0.405 e. The number of benzene rings is 2. The molecule has 0 saturated heterocycles. The van der Waals surface area contributed by atoms with E-state index in [-0.39, 0.29) is 6.54 Å². The highest BCUT2D eigenvalue weighted by Crippen LogP contribution is 2.24. The molecule has 0 aliphatic rings. The van der Waals surface area contributed by atoms with Crippen molar-refractivity contribution in [3.8, 4) is 11.5 Å². The number of carbonyl (C=O) groups excluding carboxylic acids is 1. The Labute approximate surface area is 131 Å². The van der Waals surface area contributed by atoms with E-state index < -0.39 is 12.0 Å². The van der Waals surface area contributed by atoms with Crippen LogP contribution in [0, 0.1) is 0 Å². The van der Waals surface area contributed by atoms with Crippen molar-refractivity contribution in [2.75, 3.05) is 11.9 Å². The largest absolute Gasteiger partial charge is 0.465 e. The molecule has 7 heteroatoms. The van der Waals surface area contributed by atoms with E-state index in [9.17, 15) is 9.59 Å². The molecule has 0 aliphatic heterocycles. The number of carboxylic acid groups (broad SMARTS) is 1.